The van der Waals surface area contributed by atoms with E-state index in [0.29, 0.717) is 0 Å². The molecular formula is C9H5F3N4O2. The highest BCUT2D eigenvalue weighted by Crippen LogP contribution is 2.46. The van der Waals surface area contributed by atoms with Crippen LogP contribution in [0, 0.1) is 0 Å². The second-order valence-corrected chi connectivity index (χ2v) is 3.03. The van der Waals surface area contributed by atoms with Gasteiger partial charge in [0.1, 0.15) is 16.9 Å². The molecule has 0 unspecified atom stereocenters. The van der Waals surface area contributed by atoms with E-state index in [1.807, 2.05) is 0 Å². The molecule has 1 aromatic carbocycles. The number of aliphatic imine (C=N–C) groups is 2. The van der Waals surface area contributed by atoms with Gasteiger partial charge in [0.25, 0.3) is 0 Å². The number of rotatable bonds is 2. The summed E-state index contributed by atoms with van der Waals surface area (Å²) in [5.74, 6) is 0. The lowest BCUT2D eigenvalue weighted by Crippen LogP contribution is -2.10. The summed E-state index contributed by atoms with van der Waals surface area (Å²) in [5.41, 5.74) is 6.47. The van der Waals surface area contributed by atoms with Crippen LogP contribution >= 0.6 is 0 Å². The second-order valence-electron chi connectivity index (χ2n) is 3.03. The number of alkyl halides is 3. The van der Waals surface area contributed by atoms with Gasteiger partial charge in [-0.05, 0) is 6.07 Å². The molecule has 1 rings (SSSR count). The molecule has 0 aliphatic rings. The number of hydrogen-bond donors (Lipinski definition) is 2. The Morgan fingerprint density at radius 2 is 1.67 bits per heavy atom. The van der Waals surface area contributed by atoms with Gasteiger partial charge in [0.15, 0.2) is 0 Å². The molecular weight excluding hydrogens is 253 g/mol. The van der Waals surface area contributed by atoms with Gasteiger partial charge in [-0.15, -0.1) is 0 Å². The lowest BCUT2D eigenvalue weighted by Gasteiger charge is -2.14. The molecule has 0 fully saturated rings. The molecule has 4 N–H and O–H groups in total. The Morgan fingerprint density at radius 3 is 2.11 bits per heavy atom. The van der Waals surface area contributed by atoms with Crippen LogP contribution in [0.4, 0.5) is 35.9 Å². The van der Waals surface area contributed by atoms with Crippen molar-refractivity contribution in [2.75, 3.05) is 11.5 Å². The molecule has 94 valence electrons. The van der Waals surface area contributed by atoms with Crippen LogP contribution < -0.4 is 11.5 Å². The lowest BCUT2D eigenvalue weighted by atomic mass is 10.1. The van der Waals surface area contributed by atoms with Crippen molar-refractivity contribution in [3.63, 3.8) is 0 Å². The van der Waals surface area contributed by atoms with Crippen molar-refractivity contribution < 1.29 is 22.8 Å². The Hall–Kier alpha value is -2.63. The summed E-state index contributed by atoms with van der Waals surface area (Å²) in [6.45, 7) is 0. The van der Waals surface area contributed by atoms with Crippen molar-refractivity contribution >= 4 is 34.9 Å². The smallest absolute Gasteiger partial charge is 0.398 e. The zero-order valence-electron chi connectivity index (χ0n) is 8.58. The minimum atomic E-state index is -4.86. The molecule has 0 aliphatic heterocycles. The van der Waals surface area contributed by atoms with Crippen molar-refractivity contribution in [1.29, 1.82) is 0 Å². The van der Waals surface area contributed by atoms with Crippen LogP contribution in [0.2, 0.25) is 0 Å². The Labute approximate surface area is 97.8 Å². The fourth-order valence-electron chi connectivity index (χ4n) is 1.29. The van der Waals surface area contributed by atoms with E-state index in [9.17, 15) is 22.8 Å². The highest BCUT2D eigenvalue weighted by atomic mass is 19.4. The molecule has 18 heavy (non-hydrogen) atoms. The van der Waals surface area contributed by atoms with Gasteiger partial charge < -0.3 is 11.5 Å². The predicted molar refractivity (Wildman–Crippen MR) is 55.8 cm³/mol. The minimum Gasteiger partial charge on any atom is -0.398 e. The third-order valence-corrected chi connectivity index (χ3v) is 1.96. The van der Waals surface area contributed by atoms with Crippen molar-refractivity contribution in [2.45, 2.75) is 6.18 Å². The number of anilines is 2. The van der Waals surface area contributed by atoms with E-state index in [4.69, 9.17) is 11.5 Å². The minimum absolute atomic E-state index is 0.357. The maximum atomic E-state index is 12.7. The van der Waals surface area contributed by atoms with Crippen LogP contribution in [0.25, 0.3) is 0 Å². The number of nitrogen functional groups attached to an aromatic ring is 2. The lowest BCUT2D eigenvalue weighted by molar-refractivity contribution is -0.136. The Morgan fingerprint density at radius 1 is 1.11 bits per heavy atom. The summed E-state index contributed by atoms with van der Waals surface area (Å²) in [6, 6.07) is 0.743. The molecule has 6 nitrogen and oxygen atoms in total. The van der Waals surface area contributed by atoms with Gasteiger partial charge in [-0.25, -0.2) is 9.59 Å². The maximum Gasteiger partial charge on any atom is 0.420 e. The van der Waals surface area contributed by atoms with Crippen LogP contribution in [0.1, 0.15) is 5.56 Å². The first kappa shape index (κ1) is 13.4. The Balaban J connectivity index is 3.79. The number of benzene rings is 1. The topological polar surface area (TPSA) is 111 Å². The van der Waals surface area contributed by atoms with Gasteiger partial charge in [0.2, 0.25) is 12.2 Å². The fourth-order valence-corrected chi connectivity index (χ4v) is 1.29. The average Bonchev–Trinajstić information content (AvgIpc) is 2.23. The van der Waals surface area contributed by atoms with E-state index in [2.05, 4.69) is 9.98 Å². The number of nitrogens with two attached hydrogens (primary N) is 2. The molecule has 0 saturated heterocycles. The number of carbonyl (C=O) groups excluding carboxylic acids is 2. The average molecular weight is 258 g/mol. The first-order valence-electron chi connectivity index (χ1n) is 4.27. The molecule has 9 heteroatoms. The van der Waals surface area contributed by atoms with E-state index in [1.165, 1.54) is 0 Å². The highest BCUT2D eigenvalue weighted by molar-refractivity contribution is 5.87. The largest absolute Gasteiger partial charge is 0.420 e. The van der Waals surface area contributed by atoms with E-state index < -0.39 is 28.8 Å². The standard InChI is InChI=1S/C9H5F3N4O2/c10-9(11,12)6-4(13)1-5(15-2-17)7(14)8(6)16-3-18/h1H,13-14H2. The second kappa shape index (κ2) is 4.70. The Kier molecular flexibility index (Phi) is 3.51. The molecule has 0 atom stereocenters. The summed E-state index contributed by atoms with van der Waals surface area (Å²) in [6.07, 6.45) is -2.83. The van der Waals surface area contributed by atoms with E-state index in [1.54, 1.807) is 0 Å². The predicted octanol–water partition coefficient (Wildman–Crippen LogP) is 1.80. The van der Waals surface area contributed by atoms with Crippen LogP contribution in [0.3, 0.4) is 0 Å². The molecule has 0 radical (unpaired) electrons. The summed E-state index contributed by atoms with van der Waals surface area (Å²) in [4.78, 5) is 26.1. The molecule has 0 aliphatic carbocycles. The van der Waals surface area contributed by atoms with Gasteiger partial charge in [0.05, 0.1) is 5.69 Å². The van der Waals surface area contributed by atoms with Gasteiger partial charge in [-0.3, -0.25) is 0 Å². The van der Waals surface area contributed by atoms with Gasteiger partial charge >= 0.3 is 6.18 Å². The number of isocyanates is 2. The third kappa shape index (κ3) is 2.37. The summed E-state index contributed by atoms with van der Waals surface area (Å²) >= 11 is 0. The Bertz CT molecular complexity index is 584. The maximum absolute atomic E-state index is 12.7. The van der Waals surface area contributed by atoms with Gasteiger partial charge in [-0.1, -0.05) is 0 Å². The molecule has 0 saturated carbocycles. The van der Waals surface area contributed by atoms with Crippen molar-refractivity contribution in [3.05, 3.63) is 11.6 Å². The van der Waals surface area contributed by atoms with Gasteiger partial charge in [0, 0.05) is 5.69 Å². The zero-order valence-corrected chi connectivity index (χ0v) is 8.58. The van der Waals surface area contributed by atoms with E-state index >= 15 is 0 Å². The van der Waals surface area contributed by atoms with Crippen LogP contribution in [0.5, 0.6) is 0 Å². The van der Waals surface area contributed by atoms with Crippen molar-refractivity contribution in [1.82, 2.24) is 0 Å². The first-order chi connectivity index (χ1) is 8.32. The summed E-state index contributed by atoms with van der Waals surface area (Å²) < 4.78 is 38.1. The quantitative estimate of drug-likeness (QED) is 0.478. The number of halogens is 3. The SMILES string of the molecule is Nc1cc(N=C=O)c(N)c(N=C=O)c1C(F)(F)F. The molecule has 0 bridgehead atoms. The molecule has 0 amide bonds. The molecule has 0 heterocycles. The van der Waals surface area contributed by atoms with E-state index in [0.717, 1.165) is 18.2 Å². The van der Waals surface area contributed by atoms with Crippen molar-refractivity contribution in [2.24, 2.45) is 9.98 Å². The third-order valence-electron chi connectivity index (χ3n) is 1.96. The zero-order chi connectivity index (χ0) is 13.9. The van der Waals surface area contributed by atoms with Crippen LogP contribution in [0.15, 0.2) is 16.1 Å². The van der Waals surface area contributed by atoms with Crippen LogP contribution in [-0.2, 0) is 15.8 Å². The summed E-state index contributed by atoms with van der Waals surface area (Å²) in [7, 11) is 0. The highest BCUT2D eigenvalue weighted by Gasteiger charge is 2.38. The molecule has 0 aromatic heterocycles. The number of hydrogen-bond acceptors (Lipinski definition) is 6. The number of nitrogens with zero attached hydrogens (tertiary/aromatic N) is 2. The molecule has 1 aromatic rings. The fraction of sp³-hybridized carbons (Fsp3) is 0.111. The molecule has 0 spiro atoms. The van der Waals surface area contributed by atoms with Crippen LogP contribution in [-0.4, -0.2) is 12.2 Å². The van der Waals surface area contributed by atoms with Gasteiger partial charge in [-0.2, -0.15) is 23.2 Å². The first-order valence-corrected chi connectivity index (χ1v) is 4.27. The normalized spacial score (nSPS) is 10.4. The van der Waals surface area contributed by atoms with Crippen molar-refractivity contribution in [3.8, 4) is 0 Å². The van der Waals surface area contributed by atoms with E-state index in [-0.39, 0.29) is 5.69 Å². The monoisotopic (exact) mass is 258 g/mol. The summed E-state index contributed by atoms with van der Waals surface area (Å²) in [5, 5.41) is 0.